The van der Waals surface area contributed by atoms with Crippen molar-refractivity contribution in [2.45, 2.75) is 25.4 Å². The topological polar surface area (TPSA) is 83.7 Å². The summed E-state index contributed by atoms with van der Waals surface area (Å²) in [5.41, 5.74) is 0.816. The van der Waals surface area contributed by atoms with Crippen molar-refractivity contribution in [2.24, 2.45) is 0 Å². The number of hydrogen-bond acceptors (Lipinski definition) is 4. The molecule has 1 N–H and O–H groups in total. The molecule has 1 aliphatic heterocycles. The number of carboxylic acid groups (broad SMARTS) is 1. The van der Waals surface area contributed by atoms with E-state index in [4.69, 9.17) is 5.11 Å². The largest absolute Gasteiger partial charge is 0.480 e. The monoisotopic (exact) mass is 286 g/mol. The van der Waals surface area contributed by atoms with Gasteiger partial charge in [0.05, 0.1) is 4.92 Å². The highest BCUT2D eigenvalue weighted by Crippen LogP contribution is 2.22. The summed E-state index contributed by atoms with van der Waals surface area (Å²) >= 11 is 0. The molecule has 0 amide bonds. The minimum atomic E-state index is -0.821. The fourth-order valence-electron chi connectivity index (χ4n) is 2.30. The van der Waals surface area contributed by atoms with E-state index in [1.165, 1.54) is 12.1 Å². The highest BCUT2D eigenvalue weighted by atomic mass is 35.5. The van der Waals surface area contributed by atoms with Gasteiger partial charge in [-0.15, -0.1) is 12.4 Å². The molecule has 0 spiro atoms. The molecule has 1 aromatic rings. The van der Waals surface area contributed by atoms with Gasteiger partial charge in [-0.3, -0.25) is 19.8 Å². The van der Waals surface area contributed by atoms with Crippen LogP contribution in [0.5, 0.6) is 0 Å². The van der Waals surface area contributed by atoms with Crippen molar-refractivity contribution in [3.05, 3.63) is 39.9 Å². The van der Waals surface area contributed by atoms with Crippen LogP contribution in [0.25, 0.3) is 0 Å². The number of non-ortho nitro benzene ring substituents is 1. The Kier molecular flexibility index (Phi) is 5.26. The first-order chi connectivity index (χ1) is 8.58. The maximum Gasteiger partial charge on any atom is 0.320 e. The summed E-state index contributed by atoms with van der Waals surface area (Å²) in [6.45, 7) is 1.16. The SMILES string of the molecule is Cl.O=C(O)[C@@H]1CCCN1Cc1cccc([N+](=O)[O-])c1. The van der Waals surface area contributed by atoms with Crippen LogP contribution < -0.4 is 0 Å². The Hall–Kier alpha value is -1.66. The highest BCUT2D eigenvalue weighted by Gasteiger charge is 2.30. The molecule has 2 rings (SSSR count). The van der Waals surface area contributed by atoms with Crippen molar-refractivity contribution in [3.8, 4) is 0 Å². The van der Waals surface area contributed by atoms with E-state index in [1.54, 1.807) is 12.1 Å². The third-order valence-electron chi connectivity index (χ3n) is 3.16. The standard InChI is InChI=1S/C12H14N2O4.ClH/c15-12(16)11-5-2-6-13(11)8-9-3-1-4-10(7-9)14(17)18;/h1,3-4,7,11H,2,5-6,8H2,(H,15,16);1H/t11-;/m0./s1. The van der Waals surface area contributed by atoms with Gasteiger partial charge in [0.2, 0.25) is 0 Å². The molecule has 1 saturated heterocycles. The van der Waals surface area contributed by atoms with Crippen LogP contribution in [0.1, 0.15) is 18.4 Å². The van der Waals surface area contributed by atoms with Gasteiger partial charge in [0.25, 0.3) is 5.69 Å². The lowest BCUT2D eigenvalue weighted by atomic mass is 10.1. The first-order valence-electron chi connectivity index (χ1n) is 5.78. The predicted molar refractivity (Wildman–Crippen MR) is 71.4 cm³/mol. The van der Waals surface area contributed by atoms with Gasteiger partial charge in [0.15, 0.2) is 0 Å². The fourth-order valence-corrected chi connectivity index (χ4v) is 2.30. The molecule has 0 aliphatic carbocycles. The van der Waals surface area contributed by atoms with E-state index in [0.29, 0.717) is 13.0 Å². The fraction of sp³-hybridized carbons (Fsp3) is 0.417. The van der Waals surface area contributed by atoms with Gasteiger partial charge in [-0.05, 0) is 24.9 Å². The number of carbonyl (C=O) groups is 1. The van der Waals surface area contributed by atoms with Crippen LogP contribution in [0.15, 0.2) is 24.3 Å². The molecule has 104 valence electrons. The minimum Gasteiger partial charge on any atom is -0.480 e. The van der Waals surface area contributed by atoms with Crippen LogP contribution >= 0.6 is 12.4 Å². The lowest BCUT2D eigenvalue weighted by Crippen LogP contribution is -2.35. The second-order valence-electron chi connectivity index (χ2n) is 4.39. The summed E-state index contributed by atoms with van der Waals surface area (Å²) in [4.78, 5) is 23.1. The van der Waals surface area contributed by atoms with Gasteiger partial charge in [-0.1, -0.05) is 12.1 Å². The molecular weight excluding hydrogens is 272 g/mol. The number of hydrogen-bond donors (Lipinski definition) is 1. The van der Waals surface area contributed by atoms with Crippen molar-refractivity contribution in [1.29, 1.82) is 0 Å². The third-order valence-corrected chi connectivity index (χ3v) is 3.16. The van der Waals surface area contributed by atoms with E-state index in [2.05, 4.69) is 0 Å². The number of nitro groups is 1. The number of benzene rings is 1. The normalized spacial score (nSPS) is 18.8. The summed E-state index contributed by atoms with van der Waals surface area (Å²) < 4.78 is 0. The maximum atomic E-state index is 11.0. The van der Waals surface area contributed by atoms with E-state index in [-0.39, 0.29) is 18.1 Å². The van der Waals surface area contributed by atoms with E-state index in [1.807, 2.05) is 4.90 Å². The van der Waals surface area contributed by atoms with Crippen LogP contribution in [0.4, 0.5) is 5.69 Å². The number of nitro benzene ring substituents is 1. The molecule has 0 radical (unpaired) electrons. The maximum absolute atomic E-state index is 11.0. The Morgan fingerprint density at radius 2 is 2.26 bits per heavy atom. The first-order valence-corrected chi connectivity index (χ1v) is 5.78. The van der Waals surface area contributed by atoms with Crippen LogP contribution in [0.2, 0.25) is 0 Å². The summed E-state index contributed by atoms with van der Waals surface area (Å²) in [5.74, 6) is -0.821. The lowest BCUT2D eigenvalue weighted by Gasteiger charge is -2.20. The molecule has 7 heteroatoms. The van der Waals surface area contributed by atoms with E-state index < -0.39 is 16.9 Å². The summed E-state index contributed by atoms with van der Waals surface area (Å²) in [7, 11) is 0. The molecule has 0 saturated carbocycles. The van der Waals surface area contributed by atoms with Crippen LogP contribution in [0, 0.1) is 10.1 Å². The third kappa shape index (κ3) is 3.65. The predicted octanol–water partition coefficient (Wildman–Crippen LogP) is 2.07. The molecule has 6 nitrogen and oxygen atoms in total. The van der Waals surface area contributed by atoms with Gasteiger partial charge < -0.3 is 5.11 Å². The smallest absolute Gasteiger partial charge is 0.320 e. The molecule has 0 aromatic heterocycles. The first kappa shape index (κ1) is 15.4. The van der Waals surface area contributed by atoms with Crippen molar-refractivity contribution in [3.63, 3.8) is 0 Å². The van der Waals surface area contributed by atoms with Gasteiger partial charge >= 0.3 is 5.97 Å². The summed E-state index contributed by atoms with van der Waals surface area (Å²) in [6.07, 6.45) is 1.50. The van der Waals surface area contributed by atoms with Crippen LogP contribution in [-0.2, 0) is 11.3 Å². The summed E-state index contributed by atoms with van der Waals surface area (Å²) in [6, 6.07) is 5.87. The number of rotatable bonds is 4. The Morgan fingerprint density at radius 1 is 1.53 bits per heavy atom. The van der Waals surface area contributed by atoms with Gasteiger partial charge in [0.1, 0.15) is 6.04 Å². The van der Waals surface area contributed by atoms with Crippen LogP contribution in [-0.4, -0.2) is 33.5 Å². The van der Waals surface area contributed by atoms with Crippen molar-refractivity contribution in [2.75, 3.05) is 6.54 Å². The second kappa shape index (κ2) is 6.49. The molecule has 19 heavy (non-hydrogen) atoms. The van der Waals surface area contributed by atoms with E-state index >= 15 is 0 Å². The Bertz CT molecular complexity index is 481. The van der Waals surface area contributed by atoms with E-state index in [0.717, 1.165) is 18.5 Å². The molecule has 0 unspecified atom stereocenters. The zero-order valence-electron chi connectivity index (χ0n) is 10.2. The summed E-state index contributed by atoms with van der Waals surface area (Å²) in [5, 5.41) is 19.7. The van der Waals surface area contributed by atoms with Crippen LogP contribution in [0.3, 0.4) is 0 Å². The molecule has 0 bridgehead atoms. The Balaban J connectivity index is 0.00000180. The van der Waals surface area contributed by atoms with E-state index in [9.17, 15) is 14.9 Å². The van der Waals surface area contributed by atoms with Crippen molar-refractivity contribution >= 4 is 24.1 Å². The molecule has 1 atom stereocenters. The highest BCUT2D eigenvalue weighted by molar-refractivity contribution is 5.85. The number of carboxylic acids is 1. The minimum absolute atomic E-state index is 0. The molecular formula is C12H15ClN2O4. The second-order valence-corrected chi connectivity index (χ2v) is 4.39. The molecule has 1 fully saturated rings. The molecule has 1 heterocycles. The molecule has 1 aromatic carbocycles. The van der Waals surface area contributed by atoms with Gasteiger partial charge in [0, 0.05) is 18.7 Å². The Morgan fingerprint density at radius 3 is 2.89 bits per heavy atom. The average Bonchev–Trinajstić information content (AvgIpc) is 2.77. The zero-order valence-corrected chi connectivity index (χ0v) is 11.0. The Labute approximate surface area is 116 Å². The quantitative estimate of drug-likeness (QED) is 0.676. The lowest BCUT2D eigenvalue weighted by molar-refractivity contribution is -0.384. The van der Waals surface area contributed by atoms with Gasteiger partial charge in [-0.25, -0.2) is 0 Å². The van der Waals surface area contributed by atoms with Crippen molar-refractivity contribution in [1.82, 2.24) is 4.90 Å². The van der Waals surface area contributed by atoms with Crippen molar-refractivity contribution < 1.29 is 14.8 Å². The zero-order chi connectivity index (χ0) is 13.1. The average molecular weight is 287 g/mol. The number of aliphatic carboxylic acids is 1. The van der Waals surface area contributed by atoms with Gasteiger partial charge in [-0.2, -0.15) is 0 Å². The number of nitrogens with zero attached hydrogens (tertiary/aromatic N) is 2. The number of halogens is 1. The molecule has 1 aliphatic rings. The number of likely N-dealkylation sites (tertiary alicyclic amines) is 1.